The van der Waals surface area contributed by atoms with Gasteiger partial charge in [-0.1, -0.05) is 0 Å². The SMILES string of the molecule is Cc1nc2c(F)cc(NC(=O)c3cnc(N4CC[C@@H](N(C)C(=O)OC(C)(C)C)C4)cn3)cn2n1. The summed E-state index contributed by atoms with van der Waals surface area (Å²) >= 11 is 0. The highest BCUT2D eigenvalue weighted by atomic mass is 19.1. The van der Waals surface area contributed by atoms with Gasteiger partial charge in [0.25, 0.3) is 5.91 Å². The fraction of sp³-hybridized carbons (Fsp3) is 0.455. The Morgan fingerprint density at radius 1 is 1.26 bits per heavy atom. The second kappa shape index (κ2) is 8.84. The molecule has 0 spiro atoms. The normalized spacial score (nSPS) is 16.1. The van der Waals surface area contributed by atoms with E-state index in [1.54, 1.807) is 18.9 Å². The number of amides is 2. The average molecular weight is 471 g/mol. The molecule has 0 radical (unpaired) electrons. The summed E-state index contributed by atoms with van der Waals surface area (Å²) in [5.74, 6) is -0.106. The number of likely N-dealkylation sites (N-methyl/N-ethyl adjacent to an activating group) is 1. The van der Waals surface area contributed by atoms with Gasteiger partial charge in [0.1, 0.15) is 22.9 Å². The smallest absolute Gasteiger partial charge is 0.410 e. The third kappa shape index (κ3) is 5.05. The van der Waals surface area contributed by atoms with E-state index in [2.05, 4.69) is 25.4 Å². The number of pyridine rings is 1. The van der Waals surface area contributed by atoms with Crippen molar-refractivity contribution >= 4 is 29.2 Å². The molecule has 2 amide bonds. The van der Waals surface area contributed by atoms with Gasteiger partial charge >= 0.3 is 6.09 Å². The summed E-state index contributed by atoms with van der Waals surface area (Å²) in [4.78, 5) is 41.1. The second-order valence-electron chi connectivity index (χ2n) is 9.20. The van der Waals surface area contributed by atoms with E-state index in [0.717, 1.165) is 6.42 Å². The van der Waals surface area contributed by atoms with Crippen LogP contribution in [0.4, 0.5) is 20.7 Å². The number of anilines is 2. The van der Waals surface area contributed by atoms with Crippen molar-refractivity contribution in [3.8, 4) is 0 Å². The van der Waals surface area contributed by atoms with E-state index < -0.39 is 17.3 Å². The predicted octanol–water partition coefficient (Wildman–Crippen LogP) is 2.66. The predicted molar refractivity (Wildman–Crippen MR) is 122 cm³/mol. The van der Waals surface area contributed by atoms with Crippen LogP contribution >= 0.6 is 0 Å². The third-order valence-corrected chi connectivity index (χ3v) is 5.34. The highest BCUT2D eigenvalue weighted by Gasteiger charge is 2.31. The summed E-state index contributed by atoms with van der Waals surface area (Å²) in [7, 11) is 1.72. The maximum atomic E-state index is 14.2. The van der Waals surface area contributed by atoms with E-state index in [9.17, 15) is 14.0 Å². The summed E-state index contributed by atoms with van der Waals surface area (Å²) in [6.07, 6.45) is 4.74. The molecule has 3 aromatic heterocycles. The zero-order valence-electron chi connectivity index (χ0n) is 19.7. The second-order valence-corrected chi connectivity index (χ2v) is 9.20. The molecule has 0 bridgehead atoms. The van der Waals surface area contributed by atoms with Gasteiger partial charge in [0, 0.05) is 26.2 Å². The lowest BCUT2D eigenvalue weighted by atomic mass is 10.2. The van der Waals surface area contributed by atoms with Crippen LogP contribution in [0, 0.1) is 12.7 Å². The average Bonchev–Trinajstić information content (AvgIpc) is 3.39. The number of carbonyl (C=O) groups is 2. The molecule has 1 aliphatic rings. The number of halogens is 1. The molecule has 1 fully saturated rings. The molecular weight excluding hydrogens is 443 g/mol. The van der Waals surface area contributed by atoms with Crippen LogP contribution in [-0.2, 0) is 4.74 Å². The molecule has 11 nitrogen and oxygen atoms in total. The number of aromatic nitrogens is 5. The summed E-state index contributed by atoms with van der Waals surface area (Å²) in [5, 5.41) is 6.67. The minimum atomic E-state index is -0.597. The first-order valence-corrected chi connectivity index (χ1v) is 10.9. The van der Waals surface area contributed by atoms with Crippen molar-refractivity contribution in [3.05, 3.63) is 42.0 Å². The number of nitrogens with zero attached hydrogens (tertiary/aromatic N) is 7. The number of aryl methyl sites for hydroxylation is 1. The van der Waals surface area contributed by atoms with Gasteiger partial charge in [0.2, 0.25) is 0 Å². The van der Waals surface area contributed by atoms with E-state index >= 15 is 0 Å². The number of fused-ring (bicyclic) bond motifs is 1. The van der Waals surface area contributed by atoms with Crippen LogP contribution in [0.25, 0.3) is 5.65 Å². The standard InChI is InChI=1S/C22H27FN8O3/c1-13-26-19-16(23)8-14(11-31(19)28-13)27-20(32)17-9-25-18(10-24-17)30-7-6-15(12-30)29(5)21(33)34-22(2,3)4/h8-11,15H,6-7,12H2,1-5H3,(H,27,32)/t15-/m1/s1. The van der Waals surface area contributed by atoms with Gasteiger partial charge in [-0.3, -0.25) is 4.79 Å². The van der Waals surface area contributed by atoms with Crippen molar-refractivity contribution in [3.63, 3.8) is 0 Å². The first kappa shape index (κ1) is 23.3. The molecule has 0 aromatic carbocycles. The summed E-state index contributed by atoms with van der Waals surface area (Å²) in [6.45, 7) is 8.41. The lowest BCUT2D eigenvalue weighted by molar-refractivity contribution is 0.0237. The van der Waals surface area contributed by atoms with Gasteiger partial charge in [-0.05, 0) is 34.1 Å². The Labute approximate surface area is 195 Å². The summed E-state index contributed by atoms with van der Waals surface area (Å²) in [5.41, 5.74) is -0.170. The van der Waals surface area contributed by atoms with E-state index in [1.807, 2.05) is 25.7 Å². The molecule has 0 aliphatic carbocycles. The van der Waals surface area contributed by atoms with Crippen LogP contribution in [0.1, 0.15) is 43.5 Å². The Hall–Kier alpha value is -3.83. The van der Waals surface area contributed by atoms with Crippen LogP contribution < -0.4 is 10.2 Å². The molecule has 180 valence electrons. The lowest BCUT2D eigenvalue weighted by Gasteiger charge is -2.28. The maximum Gasteiger partial charge on any atom is 0.410 e. The summed E-state index contributed by atoms with van der Waals surface area (Å²) in [6, 6.07) is 1.15. The van der Waals surface area contributed by atoms with Crippen molar-refractivity contribution in [2.75, 3.05) is 30.4 Å². The Kier molecular flexibility index (Phi) is 6.07. The number of hydrogen-bond acceptors (Lipinski definition) is 8. The van der Waals surface area contributed by atoms with Crippen molar-refractivity contribution in [1.29, 1.82) is 0 Å². The zero-order valence-corrected chi connectivity index (χ0v) is 19.7. The Morgan fingerprint density at radius 2 is 2.03 bits per heavy atom. The Bertz CT molecular complexity index is 1220. The molecular formula is C22H27FN8O3. The molecule has 0 saturated carbocycles. The highest BCUT2D eigenvalue weighted by Crippen LogP contribution is 2.22. The lowest BCUT2D eigenvalue weighted by Crippen LogP contribution is -2.42. The van der Waals surface area contributed by atoms with Gasteiger partial charge in [0.15, 0.2) is 11.5 Å². The topological polar surface area (TPSA) is 118 Å². The first-order valence-electron chi connectivity index (χ1n) is 10.9. The monoisotopic (exact) mass is 470 g/mol. The number of ether oxygens (including phenoxy) is 1. The van der Waals surface area contributed by atoms with E-state index in [1.165, 1.54) is 29.2 Å². The van der Waals surface area contributed by atoms with Crippen LogP contribution in [-0.4, -0.2) is 73.2 Å². The van der Waals surface area contributed by atoms with Crippen molar-refractivity contribution in [2.45, 2.75) is 45.8 Å². The van der Waals surface area contributed by atoms with Gasteiger partial charge < -0.3 is 19.9 Å². The number of rotatable bonds is 4. The Morgan fingerprint density at radius 3 is 2.71 bits per heavy atom. The minimum absolute atomic E-state index is 0.0233. The van der Waals surface area contributed by atoms with Crippen molar-refractivity contribution in [2.24, 2.45) is 0 Å². The molecule has 3 aromatic rings. The zero-order chi connectivity index (χ0) is 24.6. The number of carbonyl (C=O) groups excluding carboxylic acids is 2. The van der Waals surface area contributed by atoms with Gasteiger partial charge in [0.05, 0.1) is 30.3 Å². The van der Waals surface area contributed by atoms with Crippen LogP contribution in [0.3, 0.4) is 0 Å². The fourth-order valence-corrected chi connectivity index (χ4v) is 3.67. The third-order valence-electron chi connectivity index (χ3n) is 5.34. The number of nitrogens with one attached hydrogen (secondary N) is 1. The fourth-order valence-electron chi connectivity index (χ4n) is 3.67. The van der Waals surface area contributed by atoms with E-state index in [4.69, 9.17) is 4.74 Å². The summed E-state index contributed by atoms with van der Waals surface area (Å²) < 4.78 is 20.9. The molecule has 1 aliphatic heterocycles. The van der Waals surface area contributed by atoms with Crippen LogP contribution in [0.5, 0.6) is 0 Å². The van der Waals surface area contributed by atoms with Gasteiger partial charge in [-0.15, -0.1) is 0 Å². The Balaban J connectivity index is 1.38. The van der Waals surface area contributed by atoms with E-state index in [0.29, 0.717) is 24.7 Å². The first-order chi connectivity index (χ1) is 16.0. The molecule has 1 atom stereocenters. The van der Waals surface area contributed by atoms with E-state index in [-0.39, 0.29) is 29.2 Å². The minimum Gasteiger partial charge on any atom is -0.444 e. The molecule has 4 heterocycles. The molecule has 4 rings (SSSR count). The van der Waals surface area contributed by atoms with Gasteiger partial charge in [-0.25, -0.2) is 28.7 Å². The molecule has 0 unspecified atom stereocenters. The molecule has 12 heteroatoms. The molecule has 1 saturated heterocycles. The van der Waals surface area contributed by atoms with Gasteiger partial charge in [-0.2, -0.15) is 5.10 Å². The molecule has 34 heavy (non-hydrogen) atoms. The van der Waals surface area contributed by atoms with Crippen molar-refractivity contribution in [1.82, 2.24) is 29.5 Å². The van der Waals surface area contributed by atoms with Crippen LogP contribution in [0.15, 0.2) is 24.7 Å². The molecule has 1 N–H and O–H groups in total. The largest absolute Gasteiger partial charge is 0.444 e. The van der Waals surface area contributed by atoms with Crippen LogP contribution in [0.2, 0.25) is 0 Å². The van der Waals surface area contributed by atoms with Crippen molar-refractivity contribution < 1.29 is 18.7 Å². The quantitative estimate of drug-likeness (QED) is 0.618. The highest BCUT2D eigenvalue weighted by molar-refractivity contribution is 6.02. The number of hydrogen-bond donors (Lipinski definition) is 1. The maximum absolute atomic E-state index is 14.2.